The zero-order valence-electron chi connectivity index (χ0n) is 15.1. The molecule has 1 amide bonds. The third-order valence-corrected chi connectivity index (χ3v) is 3.88. The second-order valence-corrected chi connectivity index (χ2v) is 7.41. The van der Waals surface area contributed by atoms with Crippen molar-refractivity contribution in [3.05, 3.63) is 47.3 Å². The van der Waals surface area contributed by atoms with Crippen molar-refractivity contribution in [3.63, 3.8) is 0 Å². The molecule has 2 N–H and O–H groups in total. The number of aliphatic hydroxyl groups excluding tert-OH is 1. The topological polar surface area (TPSA) is 67.2 Å². The lowest BCUT2D eigenvalue weighted by Gasteiger charge is -2.20. The number of amides is 1. The van der Waals surface area contributed by atoms with Crippen LogP contribution in [0.1, 0.15) is 49.4 Å². The Kier molecular flexibility index (Phi) is 5.44. The smallest absolute Gasteiger partial charge is 0.271 e. The summed E-state index contributed by atoms with van der Waals surface area (Å²) in [6.45, 7) is 10.7. The molecule has 1 aromatic carbocycles. The molecule has 0 aliphatic heterocycles. The molecule has 1 unspecified atom stereocenters. The second kappa shape index (κ2) is 7.18. The molecule has 2 aromatic rings. The number of aliphatic hydroxyl groups is 1. The third-order valence-electron chi connectivity index (χ3n) is 3.88. The van der Waals surface area contributed by atoms with Crippen LogP contribution >= 0.6 is 0 Å². The predicted molar refractivity (Wildman–Crippen MR) is 95.6 cm³/mol. The molecule has 24 heavy (non-hydrogen) atoms. The molecule has 0 bridgehead atoms. The van der Waals surface area contributed by atoms with Crippen LogP contribution in [0.2, 0.25) is 0 Å². The lowest BCUT2D eigenvalue weighted by atomic mass is 9.91. The number of aromatic nitrogens is 2. The van der Waals surface area contributed by atoms with E-state index in [4.69, 9.17) is 5.11 Å². The van der Waals surface area contributed by atoms with Crippen molar-refractivity contribution >= 4 is 5.91 Å². The average molecular weight is 329 g/mol. The summed E-state index contributed by atoms with van der Waals surface area (Å²) in [5.41, 5.74) is 3.32. The molecule has 2 rings (SSSR count). The second-order valence-electron chi connectivity index (χ2n) is 7.41. The van der Waals surface area contributed by atoms with Crippen molar-refractivity contribution < 1.29 is 9.90 Å². The highest BCUT2D eigenvalue weighted by molar-refractivity contribution is 5.92. The molecule has 130 valence electrons. The van der Waals surface area contributed by atoms with Gasteiger partial charge in [0, 0.05) is 18.6 Å². The number of nitrogens with zero attached hydrogens (tertiary/aromatic N) is 2. The Hall–Kier alpha value is -2.14. The van der Waals surface area contributed by atoms with E-state index in [9.17, 15) is 4.79 Å². The fourth-order valence-corrected chi connectivity index (χ4v) is 2.40. The Labute approximate surface area is 143 Å². The van der Waals surface area contributed by atoms with Crippen LogP contribution in [-0.4, -0.2) is 33.9 Å². The summed E-state index contributed by atoms with van der Waals surface area (Å²) in [5, 5.41) is 16.4. The average Bonchev–Trinajstić information content (AvgIpc) is 2.98. The number of carbonyl (C=O) groups excluding carboxylic acids is 1. The lowest BCUT2D eigenvalue weighted by molar-refractivity contribution is 0.0937. The lowest BCUT2D eigenvalue weighted by Crippen LogP contribution is -2.29. The first-order valence-corrected chi connectivity index (χ1v) is 8.29. The van der Waals surface area contributed by atoms with E-state index >= 15 is 0 Å². The summed E-state index contributed by atoms with van der Waals surface area (Å²) >= 11 is 0. The highest BCUT2D eigenvalue weighted by atomic mass is 16.3. The number of aryl methyl sites for hydroxylation is 1. The molecule has 0 aliphatic carbocycles. The summed E-state index contributed by atoms with van der Waals surface area (Å²) in [7, 11) is 0. The van der Waals surface area contributed by atoms with E-state index in [-0.39, 0.29) is 23.8 Å². The van der Waals surface area contributed by atoms with E-state index in [1.165, 1.54) is 0 Å². The zero-order valence-corrected chi connectivity index (χ0v) is 15.1. The minimum atomic E-state index is -0.216. The van der Waals surface area contributed by atoms with Gasteiger partial charge in [0.05, 0.1) is 11.4 Å². The molecule has 0 fully saturated rings. The summed E-state index contributed by atoms with van der Waals surface area (Å²) in [4.78, 5) is 12.4. The van der Waals surface area contributed by atoms with Gasteiger partial charge >= 0.3 is 0 Å². The minimum absolute atomic E-state index is 0.0231. The summed E-state index contributed by atoms with van der Waals surface area (Å²) < 4.78 is 1.84. The maximum Gasteiger partial charge on any atom is 0.271 e. The molecule has 0 saturated heterocycles. The van der Waals surface area contributed by atoms with Crippen LogP contribution in [0.25, 0.3) is 5.69 Å². The van der Waals surface area contributed by atoms with Gasteiger partial charge in [0.2, 0.25) is 0 Å². The van der Waals surface area contributed by atoms with Gasteiger partial charge in [-0.3, -0.25) is 4.79 Å². The maximum absolute atomic E-state index is 12.4. The number of benzene rings is 1. The van der Waals surface area contributed by atoms with Gasteiger partial charge in [0.15, 0.2) is 5.69 Å². The first kappa shape index (κ1) is 18.2. The number of hydrogen-bond acceptors (Lipinski definition) is 3. The van der Waals surface area contributed by atoms with Gasteiger partial charge < -0.3 is 10.4 Å². The SMILES string of the molecule is Cc1cccc(-n2nc(C(=O)NCC(C)CO)cc2C(C)(C)C)c1. The Morgan fingerprint density at radius 3 is 2.62 bits per heavy atom. The van der Waals surface area contributed by atoms with Gasteiger partial charge in [-0.25, -0.2) is 4.68 Å². The fraction of sp³-hybridized carbons (Fsp3) is 0.474. The zero-order chi connectivity index (χ0) is 17.9. The van der Waals surface area contributed by atoms with Gasteiger partial charge in [-0.2, -0.15) is 5.10 Å². The third kappa shape index (κ3) is 4.23. The highest BCUT2D eigenvalue weighted by Crippen LogP contribution is 2.26. The van der Waals surface area contributed by atoms with Crippen molar-refractivity contribution in [3.8, 4) is 5.69 Å². The van der Waals surface area contributed by atoms with E-state index in [0.717, 1.165) is 16.9 Å². The number of nitrogens with one attached hydrogen (secondary N) is 1. The quantitative estimate of drug-likeness (QED) is 0.886. The summed E-state index contributed by atoms with van der Waals surface area (Å²) in [5.74, 6) is -0.193. The van der Waals surface area contributed by atoms with E-state index in [0.29, 0.717) is 12.2 Å². The first-order valence-electron chi connectivity index (χ1n) is 8.29. The van der Waals surface area contributed by atoms with E-state index in [1.54, 1.807) is 0 Å². The van der Waals surface area contributed by atoms with Gasteiger partial charge in [-0.1, -0.05) is 39.8 Å². The Balaban J connectivity index is 2.37. The van der Waals surface area contributed by atoms with E-state index in [1.807, 2.05) is 42.8 Å². The minimum Gasteiger partial charge on any atom is -0.396 e. The Morgan fingerprint density at radius 2 is 2.04 bits per heavy atom. The van der Waals surface area contributed by atoms with Crippen molar-refractivity contribution in [2.24, 2.45) is 5.92 Å². The van der Waals surface area contributed by atoms with Crippen LogP contribution in [0.4, 0.5) is 0 Å². The molecule has 0 spiro atoms. The van der Waals surface area contributed by atoms with Crippen LogP contribution in [0, 0.1) is 12.8 Å². The number of hydrogen-bond donors (Lipinski definition) is 2. The molecule has 5 heteroatoms. The highest BCUT2D eigenvalue weighted by Gasteiger charge is 2.24. The van der Waals surface area contributed by atoms with Crippen LogP contribution < -0.4 is 5.32 Å². The van der Waals surface area contributed by atoms with Gasteiger partial charge in [-0.05, 0) is 36.6 Å². The molecular formula is C19H27N3O2. The molecule has 1 atom stereocenters. The van der Waals surface area contributed by atoms with E-state index in [2.05, 4.69) is 37.3 Å². The Bertz CT molecular complexity index is 714. The van der Waals surface area contributed by atoms with Crippen LogP contribution in [0.3, 0.4) is 0 Å². The van der Waals surface area contributed by atoms with Gasteiger partial charge in [0.25, 0.3) is 5.91 Å². The molecular weight excluding hydrogens is 302 g/mol. The van der Waals surface area contributed by atoms with E-state index < -0.39 is 0 Å². The van der Waals surface area contributed by atoms with Crippen molar-refractivity contribution in [1.82, 2.24) is 15.1 Å². The van der Waals surface area contributed by atoms with Crippen molar-refractivity contribution in [2.45, 2.75) is 40.0 Å². The van der Waals surface area contributed by atoms with Crippen molar-refractivity contribution in [1.29, 1.82) is 0 Å². The van der Waals surface area contributed by atoms with Crippen molar-refractivity contribution in [2.75, 3.05) is 13.2 Å². The Morgan fingerprint density at radius 1 is 1.33 bits per heavy atom. The predicted octanol–water partition coefficient (Wildman–Crippen LogP) is 2.84. The molecule has 1 heterocycles. The molecule has 0 radical (unpaired) electrons. The molecule has 1 aromatic heterocycles. The van der Waals surface area contributed by atoms with Crippen LogP contribution in [-0.2, 0) is 5.41 Å². The van der Waals surface area contributed by atoms with Gasteiger partial charge in [-0.15, -0.1) is 0 Å². The summed E-state index contributed by atoms with van der Waals surface area (Å²) in [6, 6.07) is 9.92. The number of rotatable bonds is 5. The van der Waals surface area contributed by atoms with Crippen LogP contribution in [0.5, 0.6) is 0 Å². The van der Waals surface area contributed by atoms with Gasteiger partial charge in [0.1, 0.15) is 0 Å². The standard InChI is InChI=1S/C19H27N3O2/c1-13-7-6-8-15(9-13)22-17(19(3,4)5)10-16(21-22)18(24)20-11-14(2)12-23/h6-10,14,23H,11-12H2,1-5H3,(H,20,24). The number of carbonyl (C=O) groups is 1. The molecule has 5 nitrogen and oxygen atoms in total. The molecule has 0 saturated carbocycles. The fourth-order valence-electron chi connectivity index (χ4n) is 2.40. The summed E-state index contributed by atoms with van der Waals surface area (Å²) in [6.07, 6.45) is 0. The first-order chi connectivity index (χ1) is 11.2. The molecule has 0 aliphatic rings. The van der Waals surface area contributed by atoms with Crippen LogP contribution in [0.15, 0.2) is 30.3 Å². The maximum atomic E-state index is 12.4. The largest absolute Gasteiger partial charge is 0.396 e. The normalized spacial score (nSPS) is 12.9. The monoisotopic (exact) mass is 329 g/mol.